The van der Waals surface area contributed by atoms with E-state index in [4.69, 9.17) is 10.5 Å². The summed E-state index contributed by atoms with van der Waals surface area (Å²) in [7, 11) is 1.61. The number of nitrogens with zero attached hydrogens (tertiary/aromatic N) is 2. The summed E-state index contributed by atoms with van der Waals surface area (Å²) >= 11 is 1.45. The molecule has 0 unspecified atom stereocenters. The quantitative estimate of drug-likeness (QED) is 0.846. The minimum absolute atomic E-state index is 0.000457. The number of hydrogen-bond donors (Lipinski definition) is 1. The van der Waals surface area contributed by atoms with Crippen molar-refractivity contribution in [1.82, 2.24) is 4.90 Å². The van der Waals surface area contributed by atoms with Crippen LogP contribution in [0.4, 0.5) is 10.7 Å². The van der Waals surface area contributed by atoms with Gasteiger partial charge in [-0.3, -0.25) is 9.69 Å². The number of piperazine rings is 1. The monoisotopic (exact) mass is 311 g/mol. The topological polar surface area (TPSA) is 58.8 Å². The van der Waals surface area contributed by atoms with Crippen LogP contribution in [0.5, 0.6) is 5.75 Å². The molecular weight excluding hydrogens is 286 g/mol. The highest BCUT2D eigenvalue weighted by atomic mass is 32.1. The average molecular weight is 311 g/mol. The maximum absolute atomic E-state index is 11.7. The van der Waals surface area contributed by atoms with E-state index in [2.05, 4.69) is 23.6 Å². The van der Waals surface area contributed by atoms with Crippen LogP contribution in [0, 0.1) is 5.92 Å². The molecule has 5 nitrogen and oxygen atoms in total. The Balaban J connectivity index is 2.13. The fourth-order valence-electron chi connectivity index (χ4n) is 2.73. The zero-order chi connectivity index (χ0) is 15.6. The van der Waals surface area contributed by atoms with Gasteiger partial charge in [-0.1, -0.05) is 13.8 Å². The van der Waals surface area contributed by atoms with Crippen molar-refractivity contribution >= 4 is 27.8 Å². The van der Waals surface area contributed by atoms with Gasteiger partial charge in [0.05, 0.1) is 17.7 Å². The molecule has 1 aliphatic rings. The molecule has 0 aromatic carbocycles. The molecule has 118 valence electrons. The molecule has 1 aromatic rings. The molecule has 1 fully saturated rings. The standard InChI is InChI=1S/C15H25N3O2S/c1-10(2)9-17-5-7-18(8-6-17)15-13(20-4)12(16)14(21-15)11(3)19/h10H,5-9,16H2,1-4H3. The molecule has 1 saturated heterocycles. The summed E-state index contributed by atoms with van der Waals surface area (Å²) in [6.45, 7) is 11.1. The number of carbonyl (C=O) groups is 1. The van der Waals surface area contributed by atoms with Crippen LogP contribution < -0.4 is 15.4 Å². The number of Topliss-reactive ketones (excluding diaryl/α,β-unsaturated/α-hetero) is 1. The molecule has 0 bridgehead atoms. The highest BCUT2D eigenvalue weighted by Crippen LogP contribution is 2.45. The molecule has 6 heteroatoms. The number of rotatable bonds is 5. The van der Waals surface area contributed by atoms with Gasteiger partial charge in [0, 0.05) is 39.6 Å². The lowest BCUT2D eigenvalue weighted by atomic mass is 10.2. The molecule has 21 heavy (non-hydrogen) atoms. The van der Waals surface area contributed by atoms with E-state index in [1.165, 1.54) is 11.3 Å². The second kappa shape index (κ2) is 6.66. The van der Waals surface area contributed by atoms with Crippen LogP contribution in [-0.2, 0) is 0 Å². The maximum Gasteiger partial charge on any atom is 0.177 e. The lowest BCUT2D eigenvalue weighted by molar-refractivity contribution is 0.102. The van der Waals surface area contributed by atoms with Crippen molar-refractivity contribution < 1.29 is 9.53 Å². The Hall–Kier alpha value is -1.27. The molecule has 1 aromatic heterocycles. The zero-order valence-electron chi connectivity index (χ0n) is 13.3. The number of methoxy groups -OCH3 is 1. The number of ether oxygens (including phenoxy) is 1. The predicted molar refractivity (Wildman–Crippen MR) is 88.8 cm³/mol. The van der Waals surface area contributed by atoms with Crippen molar-refractivity contribution in [3.8, 4) is 5.75 Å². The van der Waals surface area contributed by atoms with Crippen molar-refractivity contribution in [2.75, 3.05) is 50.5 Å². The van der Waals surface area contributed by atoms with Gasteiger partial charge in [0.25, 0.3) is 0 Å². The fraction of sp³-hybridized carbons (Fsp3) is 0.667. The van der Waals surface area contributed by atoms with E-state index in [0.29, 0.717) is 22.2 Å². The highest BCUT2D eigenvalue weighted by Gasteiger charge is 2.26. The lowest BCUT2D eigenvalue weighted by Gasteiger charge is -2.36. The van der Waals surface area contributed by atoms with Gasteiger partial charge in [-0.25, -0.2) is 0 Å². The Kier molecular flexibility index (Phi) is 5.11. The van der Waals surface area contributed by atoms with E-state index in [1.54, 1.807) is 14.0 Å². The number of nitrogens with two attached hydrogens (primary N) is 1. The second-order valence-corrected chi connectivity index (χ2v) is 6.92. The van der Waals surface area contributed by atoms with Crippen molar-refractivity contribution in [3.63, 3.8) is 0 Å². The van der Waals surface area contributed by atoms with Gasteiger partial charge in [0.2, 0.25) is 0 Å². The van der Waals surface area contributed by atoms with Crippen LogP contribution in [0.15, 0.2) is 0 Å². The highest BCUT2D eigenvalue weighted by molar-refractivity contribution is 7.19. The molecule has 2 N–H and O–H groups in total. The van der Waals surface area contributed by atoms with Gasteiger partial charge in [0.1, 0.15) is 5.00 Å². The average Bonchev–Trinajstić information content (AvgIpc) is 2.76. The van der Waals surface area contributed by atoms with Crippen LogP contribution in [0.3, 0.4) is 0 Å². The van der Waals surface area contributed by atoms with E-state index >= 15 is 0 Å². The molecular formula is C15H25N3O2S. The Morgan fingerprint density at radius 1 is 1.33 bits per heavy atom. The zero-order valence-corrected chi connectivity index (χ0v) is 14.1. The van der Waals surface area contributed by atoms with Gasteiger partial charge in [-0.05, 0) is 5.92 Å². The number of carbonyl (C=O) groups excluding carboxylic acids is 1. The SMILES string of the molecule is COc1c(N2CCN(CC(C)C)CC2)sc(C(C)=O)c1N. The summed E-state index contributed by atoms with van der Waals surface area (Å²) in [5, 5.41) is 0.990. The molecule has 0 atom stereocenters. The van der Waals surface area contributed by atoms with Gasteiger partial charge >= 0.3 is 0 Å². The molecule has 2 rings (SSSR count). The van der Waals surface area contributed by atoms with Crippen LogP contribution in [0.1, 0.15) is 30.4 Å². The van der Waals surface area contributed by atoms with E-state index in [-0.39, 0.29) is 5.78 Å². The Morgan fingerprint density at radius 3 is 2.43 bits per heavy atom. The summed E-state index contributed by atoms with van der Waals surface area (Å²) in [4.78, 5) is 17.0. The van der Waals surface area contributed by atoms with E-state index < -0.39 is 0 Å². The number of hydrogen-bond acceptors (Lipinski definition) is 6. The summed E-state index contributed by atoms with van der Waals surface area (Å²) in [5.74, 6) is 1.34. The van der Waals surface area contributed by atoms with Crippen LogP contribution in [0.25, 0.3) is 0 Å². The summed E-state index contributed by atoms with van der Waals surface area (Å²) in [6.07, 6.45) is 0. The Morgan fingerprint density at radius 2 is 1.95 bits per heavy atom. The molecule has 0 aliphatic carbocycles. The van der Waals surface area contributed by atoms with Gasteiger partial charge < -0.3 is 15.4 Å². The first-order valence-corrected chi connectivity index (χ1v) is 8.20. The molecule has 0 spiro atoms. The van der Waals surface area contributed by atoms with Crippen LogP contribution >= 0.6 is 11.3 Å². The largest absolute Gasteiger partial charge is 0.492 e. The number of thiophene rings is 1. The molecule has 0 radical (unpaired) electrons. The maximum atomic E-state index is 11.7. The van der Waals surface area contributed by atoms with Crippen LogP contribution in [0.2, 0.25) is 0 Å². The summed E-state index contributed by atoms with van der Waals surface area (Å²) in [6, 6.07) is 0. The Labute approximate surface area is 130 Å². The first-order valence-electron chi connectivity index (χ1n) is 7.38. The summed E-state index contributed by atoms with van der Waals surface area (Å²) in [5.41, 5.74) is 6.52. The minimum Gasteiger partial charge on any atom is -0.492 e. The van der Waals surface area contributed by atoms with Gasteiger partial charge in [-0.2, -0.15) is 0 Å². The normalized spacial score (nSPS) is 16.5. The smallest absolute Gasteiger partial charge is 0.177 e. The third kappa shape index (κ3) is 3.49. The number of anilines is 2. The van der Waals surface area contributed by atoms with Gasteiger partial charge in [0.15, 0.2) is 11.5 Å². The summed E-state index contributed by atoms with van der Waals surface area (Å²) < 4.78 is 5.43. The van der Waals surface area contributed by atoms with Crippen molar-refractivity contribution in [1.29, 1.82) is 0 Å². The van der Waals surface area contributed by atoms with Crippen LogP contribution in [-0.4, -0.2) is 50.5 Å². The third-order valence-corrected chi connectivity index (χ3v) is 5.04. The number of nitrogen functional groups attached to an aromatic ring is 1. The minimum atomic E-state index is 0.000457. The van der Waals surface area contributed by atoms with Crippen molar-refractivity contribution in [2.45, 2.75) is 20.8 Å². The number of ketones is 1. The second-order valence-electron chi connectivity index (χ2n) is 5.92. The Bertz CT molecular complexity index is 505. The van der Waals surface area contributed by atoms with E-state index in [0.717, 1.165) is 37.7 Å². The van der Waals surface area contributed by atoms with Gasteiger partial charge in [-0.15, -0.1) is 11.3 Å². The van der Waals surface area contributed by atoms with Crippen molar-refractivity contribution in [2.24, 2.45) is 5.92 Å². The predicted octanol–water partition coefficient (Wildman–Crippen LogP) is 2.32. The molecule has 0 amide bonds. The van der Waals surface area contributed by atoms with E-state index in [9.17, 15) is 4.79 Å². The first kappa shape index (κ1) is 16.1. The molecule has 0 saturated carbocycles. The first-order chi connectivity index (χ1) is 9.93. The third-order valence-electron chi connectivity index (χ3n) is 3.69. The fourth-order valence-corrected chi connectivity index (χ4v) is 3.87. The van der Waals surface area contributed by atoms with E-state index in [1.807, 2.05) is 0 Å². The van der Waals surface area contributed by atoms with Crippen molar-refractivity contribution in [3.05, 3.63) is 4.88 Å². The lowest BCUT2D eigenvalue weighted by Crippen LogP contribution is -2.47. The molecule has 1 aliphatic heterocycles. The molecule has 2 heterocycles.